The van der Waals surface area contributed by atoms with Crippen molar-refractivity contribution in [3.8, 4) is 11.8 Å². The van der Waals surface area contributed by atoms with Gasteiger partial charge >= 0.3 is 0 Å². The molecule has 7 heteroatoms. The molecule has 0 aliphatic heterocycles. The van der Waals surface area contributed by atoms with Gasteiger partial charge in [-0.15, -0.1) is 0 Å². The van der Waals surface area contributed by atoms with Crippen LogP contribution in [0, 0.1) is 11.8 Å². The van der Waals surface area contributed by atoms with Gasteiger partial charge in [0.15, 0.2) is 0 Å². The van der Waals surface area contributed by atoms with E-state index in [4.69, 9.17) is 9.84 Å². The van der Waals surface area contributed by atoms with Crippen molar-refractivity contribution < 1.29 is 18.3 Å². The van der Waals surface area contributed by atoms with Crippen molar-refractivity contribution in [3.05, 3.63) is 24.0 Å². The van der Waals surface area contributed by atoms with Crippen LogP contribution in [0.2, 0.25) is 0 Å². The summed E-state index contributed by atoms with van der Waals surface area (Å²) in [6.07, 6.45) is 2.71. The molecule has 1 aromatic rings. The maximum absolute atomic E-state index is 12.2. The minimum absolute atomic E-state index is 0.0656. The molecule has 0 radical (unpaired) electrons. The maximum Gasteiger partial charge on any atom is 0.244 e. The predicted molar refractivity (Wildman–Crippen MR) is 69.9 cm³/mol. The van der Waals surface area contributed by atoms with Crippen molar-refractivity contribution in [2.45, 2.75) is 4.90 Å². The van der Waals surface area contributed by atoms with E-state index < -0.39 is 10.0 Å². The predicted octanol–water partition coefficient (Wildman–Crippen LogP) is -0.308. The highest BCUT2D eigenvalue weighted by molar-refractivity contribution is 7.89. The molecular weight excluding hydrogens is 268 g/mol. The van der Waals surface area contributed by atoms with E-state index in [0.29, 0.717) is 12.2 Å². The molecule has 0 saturated carbocycles. The van der Waals surface area contributed by atoms with Gasteiger partial charge in [0.05, 0.1) is 6.61 Å². The first kappa shape index (κ1) is 15.6. The summed E-state index contributed by atoms with van der Waals surface area (Å²) in [4.78, 5) is 3.91. The number of ether oxygens (including phenoxy) is 1. The van der Waals surface area contributed by atoms with Crippen LogP contribution in [0.5, 0.6) is 0 Å². The Morgan fingerprint density at radius 3 is 2.84 bits per heavy atom. The summed E-state index contributed by atoms with van der Waals surface area (Å²) in [5, 5.41) is 8.61. The van der Waals surface area contributed by atoms with Gasteiger partial charge in [0, 0.05) is 38.7 Å². The normalized spacial score (nSPS) is 11.2. The number of aliphatic hydroxyl groups excluding tert-OH is 1. The summed E-state index contributed by atoms with van der Waals surface area (Å²) in [5.74, 6) is 5.06. The van der Waals surface area contributed by atoms with E-state index in [2.05, 4.69) is 16.8 Å². The van der Waals surface area contributed by atoms with Crippen molar-refractivity contribution in [2.75, 3.05) is 33.9 Å². The van der Waals surface area contributed by atoms with Crippen LogP contribution in [0.4, 0.5) is 0 Å². The lowest BCUT2D eigenvalue weighted by molar-refractivity contribution is 0.185. The van der Waals surface area contributed by atoms with Crippen molar-refractivity contribution in [2.24, 2.45) is 0 Å². The van der Waals surface area contributed by atoms with Gasteiger partial charge in [0.25, 0.3) is 0 Å². The van der Waals surface area contributed by atoms with E-state index in [1.165, 1.54) is 36.9 Å². The highest BCUT2D eigenvalue weighted by Gasteiger charge is 2.20. The number of hydrogen-bond acceptors (Lipinski definition) is 5. The van der Waals surface area contributed by atoms with Crippen LogP contribution >= 0.6 is 0 Å². The highest BCUT2D eigenvalue weighted by atomic mass is 32.2. The fourth-order valence-electron chi connectivity index (χ4n) is 1.29. The van der Waals surface area contributed by atoms with Gasteiger partial charge in [-0.2, -0.15) is 4.31 Å². The second kappa shape index (κ2) is 7.21. The standard InChI is InChI=1S/C12H16N2O4S/c1-14(5-7-18-2)19(16,17)12-8-11(4-3-6-15)9-13-10-12/h8-10,15H,5-7H2,1-2H3. The monoisotopic (exact) mass is 284 g/mol. The van der Waals surface area contributed by atoms with Crippen molar-refractivity contribution in [3.63, 3.8) is 0 Å². The van der Waals surface area contributed by atoms with Gasteiger partial charge in [-0.05, 0) is 6.07 Å². The number of rotatable bonds is 5. The van der Waals surface area contributed by atoms with Gasteiger partial charge in [0.1, 0.15) is 11.5 Å². The molecule has 0 amide bonds. The van der Waals surface area contributed by atoms with E-state index >= 15 is 0 Å². The highest BCUT2D eigenvalue weighted by Crippen LogP contribution is 2.13. The largest absolute Gasteiger partial charge is 0.384 e. The number of sulfonamides is 1. The van der Waals surface area contributed by atoms with Gasteiger partial charge < -0.3 is 9.84 Å². The topological polar surface area (TPSA) is 79.7 Å². The van der Waals surface area contributed by atoms with Gasteiger partial charge in [-0.1, -0.05) is 11.8 Å². The number of aromatic nitrogens is 1. The lowest BCUT2D eigenvalue weighted by Crippen LogP contribution is -2.30. The minimum Gasteiger partial charge on any atom is -0.384 e. The Morgan fingerprint density at radius 1 is 1.47 bits per heavy atom. The SMILES string of the molecule is COCCN(C)S(=O)(=O)c1cncc(C#CCO)c1. The number of aliphatic hydroxyl groups is 1. The van der Waals surface area contributed by atoms with Gasteiger partial charge in [0.2, 0.25) is 10.0 Å². The molecule has 0 spiro atoms. The van der Waals surface area contributed by atoms with Crippen LogP contribution in [0.1, 0.15) is 5.56 Å². The summed E-state index contributed by atoms with van der Waals surface area (Å²) in [6.45, 7) is 0.281. The molecule has 1 rings (SSSR count). The number of hydrogen-bond donors (Lipinski definition) is 1. The first-order valence-corrected chi connectivity index (χ1v) is 6.96. The van der Waals surface area contributed by atoms with Crippen molar-refractivity contribution in [1.82, 2.24) is 9.29 Å². The Labute approximate surface area is 113 Å². The van der Waals surface area contributed by atoms with E-state index in [-0.39, 0.29) is 18.0 Å². The summed E-state index contributed by atoms with van der Waals surface area (Å²) >= 11 is 0. The zero-order chi connectivity index (χ0) is 14.3. The van der Waals surface area contributed by atoms with Crippen LogP contribution in [-0.2, 0) is 14.8 Å². The van der Waals surface area contributed by atoms with E-state index in [1.807, 2.05) is 0 Å². The molecule has 1 aromatic heterocycles. The van der Waals surface area contributed by atoms with E-state index in [0.717, 1.165) is 0 Å². The lowest BCUT2D eigenvalue weighted by Gasteiger charge is -2.16. The van der Waals surface area contributed by atoms with Crippen molar-refractivity contribution in [1.29, 1.82) is 0 Å². The Kier molecular flexibility index (Phi) is 5.92. The zero-order valence-electron chi connectivity index (χ0n) is 10.8. The summed E-state index contributed by atoms with van der Waals surface area (Å²) in [6, 6.07) is 1.42. The van der Waals surface area contributed by atoms with Crippen LogP contribution in [0.15, 0.2) is 23.4 Å². The summed E-state index contributed by atoms with van der Waals surface area (Å²) in [5.41, 5.74) is 0.440. The number of likely N-dealkylation sites (N-methyl/N-ethyl adjacent to an activating group) is 1. The molecule has 0 aliphatic rings. The summed E-state index contributed by atoms with van der Waals surface area (Å²) in [7, 11) is -0.618. The number of methoxy groups -OCH3 is 1. The molecule has 19 heavy (non-hydrogen) atoms. The molecule has 0 bridgehead atoms. The summed E-state index contributed by atoms with van der Waals surface area (Å²) < 4.78 is 30.4. The van der Waals surface area contributed by atoms with E-state index in [9.17, 15) is 8.42 Å². The van der Waals surface area contributed by atoms with Crippen LogP contribution in [-0.4, -0.2) is 56.7 Å². The number of nitrogens with zero attached hydrogens (tertiary/aromatic N) is 2. The Bertz CT molecular complexity index is 575. The zero-order valence-corrected chi connectivity index (χ0v) is 11.6. The Morgan fingerprint density at radius 2 is 2.21 bits per heavy atom. The second-order valence-electron chi connectivity index (χ2n) is 3.69. The molecule has 0 unspecified atom stereocenters. The third kappa shape index (κ3) is 4.29. The molecule has 0 aliphatic carbocycles. The average Bonchev–Trinajstić information content (AvgIpc) is 2.42. The molecule has 1 heterocycles. The van der Waals surface area contributed by atoms with Crippen LogP contribution in [0.3, 0.4) is 0 Å². The maximum atomic E-state index is 12.2. The molecule has 1 N–H and O–H groups in total. The first-order chi connectivity index (χ1) is 9.02. The molecule has 0 aromatic carbocycles. The third-order valence-electron chi connectivity index (χ3n) is 2.34. The lowest BCUT2D eigenvalue weighted by atomic mass is 10.3. The van der Waals surface area contributed by atoms with Gasteiger partial charge in [-0.25, -0.2) is 8.42 Å². The molecule has 104 valence electrons. The van der Waals surface area contributed by atoms with Crippen LogP contribution in [0.25, 0.3) is 0 Å². The Hall–Kier alpha value is -1.46. The molecule has 6 nitrogen and oxygen atoms in total. The molecule has 0 atom stereocenters. The third-order valence-corrected chi connectivity index (χ3v) is 4.17. The quantitative estimate of drug-likeness (QED) is 0.750. The van der Waals surface area contributed by atoms with E-state index in [1.54, 1.807) is 0 Å². The Balaban J connectivity index is 3.01. The molecule has 0 saturated heterocycles. The smallest absolute Gasteiger partial charge is 0.244 e. The molecular formula is C12H16N2O4S. The molecule has 0 fully saturated rings. The number of pyridine rings is 1. The minimum atomic E-state index is -3.60. The van der Waals surface area contributed by atoms with Crippen LogP contribution < -0.4 is 0 Å². The second-order valence-corrected chi connectivity index (χ2v) is 5.73. The van der Waals surface area contributed by atoms with Gasteiger partial charge in [-0.3, -0.25) is 4.98 Å². The fourth-order valence-corrected chi connectivity index (χ4v) is 2.43. The fraction of sp³-hybridized carbons (Fsp3) is 0.417. The average molecular weight is 284 g/mol. The van der Waals surface area contributed by atoms with Crippen molar-refractivity contribution >= 4 is 10.0 Å². The first-order valence-electron chi connectivity index (χ1n) is 5.52.